The van der Waals surface area contributed by atoms with Crippen molar-refractivity contribution in [2.24, 2.45) is 12.5 Å². The zero-order valence-corrected chi connectivity index (χ0v) is 16.4. The summed E-state index contributed by atoms with van der Waals surface area (Å²) in [5.74, 6) is 0.264. The number of likely N-dealkylation sites (tertiary alicyclic amines) is 2. The average molecular weight is 370 g/mol. The Hall–Kier alpha value is -1.85. The average Bonchev–Trinajstić information content (AvgIpc) is 3.03. The maximum Gasteiger partial charge on any atom is 0.222 e. The number of aryl methyl sites for hydroxylation is 1. The first-order valence-corrected chi connectivity index (χ1v) is 10.2. The van der Waals surface area contributed by atoms with E-state index < -0.39 is 0 Å². The smallest absolute Gasteiger partial charge is 0.222 e. The third-order valence-corrected chi connectivity index (χ3v) is 6.43. The molecule has 1 aromatic carbocycles. The van der Waals surface area contributed by atoms with Crippen molar-refractivity contribution in [3.63, 3.8) is 0 Å². The van der Waals surface area contributed by atoms with Crippen LogP contribution >= 0.6 is 0 Å². The van der Waals surface area contributed by atoms with Gasteiger partial charge in [0.25, 0.3) is 0 Å². The molecule has 1 amide bonds. The molecule has 0 radical (unpaired) electrons. The number of rotatable bonds is 5. The van der Waals surface area contributed by atoms with Crippen LogP contribution in [0.3, 0.4) is 0 Å². The Labute approximate surface area is 161 Å². The molecule has 2 aliphatic rings. The number of hydrogen-bond acceptors (Lipinski definition) is 3. The van der Waals surface area contributed by atoms with Gasteiger partial charge in [-0.15, -0.1) is 0 Å². The van der Waals surface area contributed by atoms with E-state index in [0.29, 0.717) is 19.4 Å². The predicted octanol–water partition coefficient (Wildman–Crippen LogP) is 2.77. The molecule has 2 aromatic rings. The predicted molar refractivity (Wildman–Crippen MR) is 107 cm³/mol. The fraction of sp³-hybridized carbons (Fsp3) is 0.591. The minimum absolute atomic E-state index is 0.157. The van der Waals surface area contributed by atoms with Gasteiger partial charge >= 0.3 is 0 Å². The van der Waals surface area contributed by atoms with E-state index in [1.165, 1.54) is 29.3 Å². The highest BCUT2D eigenvalue weighted by atomic mass is 16.3. The van der Waals surface area contributed by atoms with Crippen LogP contribution in [-0.2, 0) is 18.4 Å². The summed E-state index contributed by atoms with van der Waals surface area (Å²) in [7, 11) is 2.10. The van der Waals surface area contributed by atoms with E-state index in [1.54, 1.807) is 0 Å². The molecular weight excluding hydrogens is 338 g/mol. The molecule has 0 aliphatic carbocycles. The lowest BCUT2D eigenvalue weighted by atomic mass is 9.73. The van der Waals surface area contributed by atoms with Crippen molar-refractivity contribution in [2.75, 3.05) is 32.8 Å². The van der Waals surface area contributed by atoms with Crippen LogP contribution in [0.15, 0.2) is 30.5 Å². The molecule has 0 unspecified atom stereocenters. The highest BCUT2D eigenvalue weighted by Gasteiger charge is 2.41. The van der Waals surface area contributed by atoms with Crippen LogP contribution in [0.1, 0.15) is 37.7 Å². The number of amides is 1. The second-order valence-electron chi connectivity index (χ2n) is 8.53. The minimum Gasteiger partial charge on any atom is -0.396 e. The van der Waals surface area contributed by atoms with E-state index in [9.17, 15) is 4.79 Å². The minimum atomic E-state index is 0.157. The highest BCUT2D eigenvalue weighted by molar-refractivity contribution is 5.80. The van der Waals surface area contributed by atoms with Crippen LogP contribution in [0.4, 0.5) is 0 Å². The zero-order valence-electron chi connectivity index (χ0n) is 16.4. The Morgan fingerprint density at radius 1 is 1.19 bits per heavy atom. The van der Waals surface area contributed by atoms with Gasteiger partial charge in [0.1, 0.15) is 0 Å². The zero-order chi connectivity index (χ0) is 18.9. The van der Waals surface area contributed by atoms with Gasteiger partial charge in [0.05, 0.1) is 0 Å². The first-order chi connectivity index (χ1) is 13.1. The fourth-order valence-corrected chi connectivity index (χ4v) is 5.01. The molecule has 4 rings (SSSR count). The first kappa shape index (κ1) is 18.5. The standard InChI is InChI=1S/C22H31N3O2/c1-23-12-7-19-5-4-18(14-20(19)23)15-24-10-2-8-22(16-24)9-6-21(27)25(17-22)11-3-13-26/h4-5,7,12,14,26H,2-3,6,8-11,13,15-17H2,1H3/t22-/m1/s1. The van der Waals surface area contributed by atoms with E-state index in [1.807, 2.05) is 4.90 Å². The molecule has 146 valence electrons. The maximum absolute atomic E-state index is 12.3. The number of aliphatic hydroxyl groups excluding tert-OH is 1. The molecule has 5 nitrogen and oxygen atoms in total. The molecule has 2 fully saturated rings. The molecule has 1 spiro atoms. The van der Waals surface area contributed by atoms with Gasteiger partial charge in [0.2, 0.25) is 5.91 Å². The third kappa shape index (κ3) is 3.90. The van der Waals surface area contributed by atoms with Gasteiger partial charge in [0.15, 0.2) is 0 Å². The van der Waals surface area contributed by atoms with Crippen LogP contribution in [0.25, 0.3) is 10.9 Å². The maximum atomic E-state index is 12.3. The Kier molecular flexibility index (Phi) is 5.24. The first-order valence-electron chi connectivity index (χ1n) is 10.2. The molecule has 2 saturated heterocycles. The van der Waals surface area contributed by atoms with Gasteiger partial charge in [-0.05, 0) is 55.3 Å². The van der Waals surface area contributed by atoms with E-state index in [2.05, 4.69) is 47.0 Å². The number of piperidine rings is 2. The number of hydrogen-bond donors (Lipinski definition) is 1. The SMILES string of the molecule is Cn1ccc2ccc(CN3CCC[C@@]4(CCC(=O)N(CCCO)C4)C3)cc21. The molecule has 1 atom stereocenters. The second-order valence-corrected chi connectivity index (χ2v) is 8.53. The molecule has 27 heavy (non-hydrogen) atoms. The number of fused-ring (bicyclic) bond motifs is 1. The van der Waals surface area contributed by atoms with Crippen molar-refractivity contribution in [1.29, 1.82) is 0 Å². The van der Waals surface area contributed by atoms with Gasteiger partial charge in [-0.25, -0.2) is 0 Å². The van der Waals surface area contributed by atoms with Crippen molar-refractivity contribution in [1.82, 2.24) is 14.4 Å². The van der Waals surface area contributed by atoms with E-state index >= 15 is 0 Å². The molecule has 1 aromatic heterocycles. The summed E-state index contributed by atoms with van der Waals surface area (Å²) in [6, 6.07) is 8.95. The summed E-state index contributed by atoms with van der Waals surface area (Å²) in [4.78, 5) is 16.8. The Bertz CT molecular complexity index is 815. The summed E-state index contributed by atoms with van der Waals surface area (Å²) in [5, 5.41) is 10.4. The fourth-order valence-electron chi connectivity index (χ4n) is 5.01. The quantitative estimate of drug-likeness (QED) is 0.882. The largest absolute Gasteiger partial charge is 0.396 e. The molecule has 0 bridgehead atoms. The topological polar surface area (TPSA) is 48.7 Å². The summed E-state index contributed by atoms with van der Waals surface area (Å²) in [6.45, 7) is 4.90. The summed E-state index contributed by atoms with van der Waals surface area (Å²) >= 11 is 0. The van der Waals surface area contributed by atoms with Crippen LogP contribution in [-0.4, -0.2) is 58.2 Å². The number of carbonyl (C=O) groups is 1. The second kappa shape index (κ2) is 7.64. The third-order valence-electron chi connectivity index (χ3n) is 6.43. The number of aliphatic hydroxyl groups is 1. The Balaban J connectivity index is 1.45. The molecule has 0 saturated carbocycles. The summed E-state index contributed by atoms with van der Waals surface area (Å²) < 4.78 is 2.18. The van der Waals surface area contributed by atoms with E-state index in [0.717, 1.165) is 32.6 Å². The number of carbonyl (C=O) groups excluding carboxylic acids is 1. The van der Waals surface area contributed by atoms with Crippen molar-refractivity contribution in [3.05, 3.63) is 36.0 Å². The molecule has 3 heterocycles. The van der Waals surface area contributed by atoms with Gasteiger partial charge < -0.3 is 14.6 Å². The lowest BCUT2D eigenvalue weighted by Crippen LogP contribution is -2.54. The molecule has 1 N–H and O–H groups in total. The van der Waals surface area contributed by atoms with Crippen LogP contribution < -0.4 is 0 Å². The number of benzene rings is 1. The van der Waals surface area contributed by atoms with Crippen LogP contribution in [0, 0.1) is 5.41 Å². The lowest BCUT2D eigenvalue weighted by molar-refractivity contribution is -0.139. The number of nitrogens with zero attached hydrogens (tertiary/aromatic N) is 3. The monoisotopic (exact) mass is 369 g/mol. The van der Waals surface area contributed by atoms with Crippen molar-refractivity contribution >= 4 is 16.8 Å². The summed E-state index contributed by atoms with van der Waals surface area (Å²) in [5.41, 5.74) is 2.89. The van der Waals surface area contributed by atoms with Crippen LogP contribution in [0.5, 0.6) is 0 Å². The normalized spacial score (nSPS) is 24.2. The van der Waals surface area contributed by atoms with Crippen molar-refractivity contribution in [2.45, 2.75) is 38.6 Å². The van der Waals surface area contributed by atoms with Crippen molar-refractivity contribution in [3.8, 4) is 0 Å². The number of aromatic nitrogens is 1. The summed E-state index contributed by atoms with van der Waals surface area (Å²) in [6.07, 6.45) is 6.88. The van der Waals surface area contributed by atoms with Crippen LogP contribution in [0.2, 0.25) is 0 Å². The van der Waals surface area contributed by atoms with E-state index in [-0.39, 0.29) is 17.9 Å². The van der Waals surface area contributed by atoms with E-state index in [4.69, 9.17) is 5.11 Å². The Morgan fingerprint density at radius 2 is 2.07 bits per heavy atom. The van der Waals surface area contributed by atoms with Crippen molar-refractivity contribution < 1.29 is 9.90 Å². The van der Waals surface area contributed by atoms with Gasteiger partial charge in [-0.1, -0.05) is 12.1 Å². The molecule has 5 heteroatoms. The van der Waals surface area contributed by atoms with Gasteiger partial charge in [-0.3, -0.25) is 9.69 Å². The highest BCUT2D eigenvalue weighted by Crippen LogP contribution is 2.39. The molecular formula is C22H31N3O2. The van der Waals surface area contributed by atoms with Gasteiger partial charge in [0, 0.05) is 63.4 Å². The van der Waals surface area contributed by atoms with Gasteiger partial charge in [-0.2, -0.15) is 0 Å². The Morgan fingerprint density at radius 3 is 2.93 bits per heavy atom. The molecule has 2 aliphatic heterocycles. The lowest BCUT2D eigenvalue weighted by Gasteiger charge is -2.48.